The summed E-state index contributed by atoms with van der Waals surface area (Å²) in [6.45, 7) is 5.04. The molecule has 2 aromatic heterocycles. The van der Waals surface area contributed by atoms with Crippen molar-refractivity contribution in [1.29, 1.82) is 0 Å². The maximum absolute atomic E-state index is 13.3. The van der Waals surface area contributed by atoms with E-state index >= 15 is 0 Å². The molecule has 5 rings (SSSR count). The monoisotopic (exact) mass is 482 g/mol. The van der Waals surface area contributed by atoms with Crippen molar-refractivity contribution < 1.29 is 13.7 Å². The number of ether oxygens (including phenoxy) is 1. The van der Waals surface area contributed by atoms with Crippen LogP contribution in [0.2, 0.25) is 0 Å². The second-order valence-corrected chi connectivity index (χ2v) is 11.2. The summed E-state index contributed by atoms with van der Waals surface area (Å²) in [6, 6.07) is 6.27. The molecule has 178 valence electrons. The van der Waals surface area contributed by atoms with Crippen LogP contribution < -0.4 is 20.8 Å². The fraction of sp³-hybridized carbons (Fsp3) is 0.348. The van der Waals surface area contributed by atoms with E-state index in [4.69, 9.17) is 9.88 Å². The van der Waals surface area contributed by atoms with Gasteiger partial charge in [-0.15, -0.1) is 4.36 Å². The Morgan fingerprint density at radius 2 is 2.15 bits per heavy atom. The van der Waals surface area contributed by atoms with E-state index in [1.807, 2.05) is 26.0 Å². The number of amides is 2. The molecule has 3 heterocycles. The standard InChI is InChI=1S/C23H26N6O4S/c1-23(2)12-29-21(33-13-23)18(11-26-29)34(24,32)28-22(31)27-20-16-5-3-4-14(16)6-7-17(20)15-8-9-25-19(30)10-15/h6-11H,3-5,12-13H2,1-2H3,(H,25,30)(H3,24,27,28,31,32)/t34-/m0/s1. The van der Waals surface area contributed by atoms with Gasteiger partial charge in [0, 0.05) is 23.2 Å². The van der Waals surface area contributed by atoms with Crippen LogP contribution in [-0.4, -0.2) is 31.6 Å². The Morgan fingerprint density at radius 1 is 1.32 bits per heavy atom. The van der Waals surface area contributed by atoms with Crippen molar-refractivity contribution >= 4 is 21.6 Å². The molecule has 1 atom stereocenters. The third-order valence-electron chi connectivity index (χ3n) is 6.07. The van der Waals surface area contributed by atoms with Crippen molar-refractivity contribution in [2.45, 2.75) is 44.6 Å². The van der Waals surface area contributed by atoms with Crippen molar-refractivity contribution in [1.82, 2.24) is 14.8 Å². The lowest BCUT2D eigenvalue weighted by atomic mass is 9.94. The largest absolute Gasteiger partial charge is 0.476 e. The lowest BCUT2D eigenvalue weighted by Gasteiger charge is -2.30. The maximum atomic E-state index is 13.3. The van der Waals surface area contributed by atoms with Crippen LogP contribution >= 0.6 is 0 Å². The van der Waals surface area contributed by atoms with Gasteiger partial charge in [0.2, 0.25) is 11.4 Å². The van der Waals surface area contributed by atoms with E-state index < -0.39 is 15.9 Å². The molecule has 34 heavy (non-hydrogen) atoms. The van der Waals surface area contributed by atoms with Gasteiger partial charge in [0.1, 0.15) is 4.90 Å². The fourth-order valence-electron chi connectivity index (χ4n) is 4.49. The number of nitrogens with two attached hydrogens (primary N) is 1. The van der Waals surface area contributed by atoms with Gasteiger partial charge in [-0.3, -0.25) is 4.79 Å². The van der Waals surface area contributed by atoms with Gasteiger partial charge in [0.05, 0.1) is 25.0 Å². The van der Waals surface area contributed by atoms with E-state index in [1.165, 1.54) is 12.3 Å². The molecule has 0 saturated heterocycles. The fourth-order valence-corrected chi connectivity index (χ4v) is 5.50. The summed E-state index contributed by atoms with van der Waals surface area (Å²) in [7, 11) is -3.61. The van der Waals surface area contributed by atoms with Crippen molar-refractivity contribution in [3.63, 3.8) is 0 Å². The highest BCUT2D eigenvalue weighted by molar-refractivity contribution is 7.91. The molecule has 4 N–H and O–H groups in total. The van der Waals surface area contributed by atoms with Crippen LogP contribution in [0.3, 0.4) is 0 Å². The first-order valence-corrected chi connectivity index (χ1v) is 12.6. The number of H-pyrrole nitrogens is 1. The molecule has 0 fully saturated rings. The lowest BCUT2D eigenvalue weighted by Crippen LogP contribution is -2.33. The summed E-state index contributed by atoms with van der Waals surface area (Å²) < 4.78 is 24.5. The van der Waals surface area contributed by atoms with Gasteiger partial charge >= 0.3 is 6.03 Å². The number of aromatic amines is 1. The molecule has 1 aromatic carbocycles. The minimum Gasteiger partial charge on any atom is -0.476 e. The summed E-state index contributed by atoms with van der Waals surface area (Å²) in [5.41, 5.74) is 3.62. The molecule has 2 amide bonds. The molecule has 0 saturated carbocycles. The van der Waals surface area contributed by atoms with Gasteiger partial charge in [0.25, 0.3) is 0 Å². The molecule has 1 aliphatic heterocycles. The highest BCUT2D eigenvalue weighted by Gasteiger charge is 2.32. The normalized spacial score (nSPS) is 17.7. The molecule has 2 aliphatic rings. The number of aryl methyl sites for hydroxylation is 1. The van der Waals surface area contributed by atoms with Crippen LogP contribution in [0.25, 0.3) is 11.1 Å². The van der Waals surface area contributed by atoms with Crippen molar-refractivity contribution in [3.8, 4) is 17.0 Å². The Balaban J connectivity index is 1.51. The highest BCUT2D eigenvalue weighted by Crippen LogP contribution is 2.37. The zero-order valence-corrected chi connectivity index (χ0v) is 19.8. The molecule has 10 nitrogen and oxygen atoms in total. The quantitative estimate of drug-likeness (QED) is 0.525. The van der Waals surface area contributed by atoms with Gasteiger partial charge in [-0.1, -0.05) is 26.0 Å². The predicted octanol–water partition coefficient (Wildman–Crippen LogP) is 3.08. The van der Waals surface area contributed by atoms with Crippen LogP contribution in [0, 0.1) is 5.41 Å². The number of carbonyl (C=O) groups excluding carboxylic acids is 1. The van der Waals surface area contributed by atoms with Crippen molar-refractivity contribution in [2.24, 2.45) is 14.9 Å². The first kappa shape index (κ1) is 22.4. The average molecular weight is 483 g/mol. The van der Waals surface area contributed by atoms with Crippen LogP contribution in [-0.2, 0) is 29.3 Å². The molecule has 0 unspecified atom stereocenters. The second kappa shape index (κ2) is 8.10. The number of carbonyl (C=O) groups is 1. The first-order valence-electron chi connectivity index (χ1n) is 11.0. The number of rotatable bonds is 3. The van der Waals surface area contributed by atoms with E-state index in [2.05, 4.69) is 19.8 Å². The third-order valence-corrected chi connectivity index (χ3v) is 7.42. The number of nitrogens with zero attached hydrogens (tertiary/aromatic N) is 3. The van der Waals surface area contributed by atoms with E-state index in [0.717, 1.165) is 30.4 Å². The molecule has 3 aromatic rings. The molecule has 0 spiro atoms. The van der Waals surface area contributed by atoms with E-state index in [-0.39, 0.29) is 21.7 Å². The Bertz CT molecular complexity index is 1480. The summed E-state index contributed by atoms with van der Waals surface area (Å²) in [5.74, 6) is 0.271. The number of benzene rings is 1. The number of fused-ring (bicyclic) bond motifs is 2. The van der Waals surface area contributed by atoms with E-state index in [0.29, 0.717) is 30.0 Å². The zero-order valence-electron chi connectivity index (χ0n) is 19.0. The Kier molecular flexibility index (Phi) is 5.33. The smallest absolute Gasteiger partial charge is 0.354 e. The van der Waals surface area contributed by atoms with Crippen molar-refractivity contribution in [3.05, 3.63) is 58.1 Å². The minimum atomic E-state index is -3.61. The van der Waals surface area contributed by atoms with Crippen molar-refractivity contribution in [2.75, 3.05) is 11.9 Å². The number of pyridine rings is 1. The minimum absolute atomic E-state index is 0.0891. The summed E-state index contributed by atoms with van der Waals surface area (Å²) in [5, 5.41) is 13.1. The van der Waals surface area contributed by atoms with E-state index in [9.17, 15) is 13.8 Å². The second-order valence-electron chi connectivity index (χ2n) is 9.44. The number of aromatic nitrogens is 3. The molecule has 0 bridgehead atoms. The Morgan fingerprint density at radius 3 is 2.94 bits per heavy atom. The van der Waals surface area contributed by atoms with Gasteiger partial charge < -0.3 is 15.0 Å². The third kappa shape index (κ3) is 4.12. The lowest BCUT2D eigenvalue weighted by molar-refractivity contribution is 0.0972. The highest BCUT2D eigenvalue weighted by atomic mass is 32.2. The SMILES string of the molecule is CC1(C)COc2c([S@@](N)(=O)=NC(=O)Nc3c(-c4cc[nH]c(=O)c4)ccc4c3CCC4)cnn2C1. The Hall–Kier alpha value is -3.44. The van der Waals surface area contributed by atoms with Gasteiger partial charge in [-0.2, -0.15) is 5.10 Å². The number of nitrogens with one attached hydrogen (secondary N) is 2. The van der Waals surface area contributed by atoms with Crippen LogP contribution in [0.5, 0.6) is 5.88 Å². The summed E-state index contributed by atoms with van der Waals surface area (Å²) in [4.78, 5) is 27.5. The number of urea groups is 1. The predicted molar refractivity (Wildman–Crippen MR) is 128 cm³/mol. The first-order chi connectivity index (χ1) is 16.1. The molecular formula is C23H26N6O4S. The molecular weight excluding hydrogens is 456 g/mol. The van der Waals surface area contributed by atoms with Crippen LogP contribution in [0.15, 0.2) is 50.7 Å². The molecule has 0 radical (unpaired) electrons. The van der Waals surface area contributed by atoms with Crippen LogP contribution in [0.4, 0.5) is 10.5 Å². The van der Waals surface area contributed by atoms with Gasteiger partial charge in [-0.25, -0.2) is 18.8 Å². The number of hydrogen-bond acceptors (Lipinski definition) is 5. The maximum Gasteiger partial charge on any atom is 0.354 e. The molecule has 1 aliphatic carbocycles. The molecule has 11 heteroatoms. The van der Waals surface area contributed by atoms with Gasteiger partial charge in [0.15, 0.2) is 9.92 Å². The average Bonchev–Trinajstić information content (AvgIpc) is 3.40. The van der Waals surface area contributed by atoms with Gasteiger partial charge in [-0.05, 0) is 42.0 Å². The van der Waals surface area contributed by atoms with Crippen LogP contribution in [0.1, 0.15) is 31.4 Å². The summed E-state index contributed by atoms with van der Waals surface area (Å²) >= 11 is 0. The summed E-state index contributed by atoms with van der Waals surface area (Å²) in [6.07, 6.45) is 5.53. The topological polar surface area (TPSA) is 144 Å². The Labute approximate surface area is 196 Å². The number of hydrogen-bond donors (Lipinski definition) is 3. The van der Waals surface area contributed by atoms with E-state index in [1.54, 1.807) is 16.9 Å². The zero-order chi connectivity index (χ0) is 24.1. The number of anilines is 1.